The Morgan fingerprint density at radius 3 is 3.00 bits per heavy atom. The standard InChI is InChI=1S/C9H9BrN4O/c10-5-8(15)6-2-1-3-7(4-6)9-11-13-14-12-9/h1-4,8,15H,5H2,(H,11,12,13,14). The molecule has 1 aromatic carbocycles. The summed E-state index contributed by atoms with van der Waals surface area (Å²) in [6.45, 7) is 0. The third-order valence-electron chi connectivity index (χ3n) is 2.02. The van der Waals surface area contributed by atoms with E-state index >= 15 is 0 Å². The van der Waals surface area contributed by atoms with Gasteiger partial charge in [0.15, 0.2) is 0 Å². The first-order chi connectivity index (χ1) is 7.31. The lowest BCUT2D eigenvalue weighted by atomic mass is 10.1. The predicted molar refractivity (Wildman–Crippen MR) is 58.4 cm³/mol. The number of nitrogens with zero attached hydrogens (tertiary/aromatic N) is 3. The van der Waals surface area contributed by atoms with Gasteiger partial charge >= 0.3 is 0 Å². The molecule has 2 aromatic rings. The first-order valence-corrected chi connectivity index (χ1v) is 5.51. The van der Waals surface area contributed by atoms with Crippen LogP contribution in [0.4, 0.5) is 0 Å². The molecule has 5 nitrogen and oxygen atoms in total. The van der Waals surface area contributed by atoms with Gasteiger partial charge in [-0.3, -0.25) is 0 Å². The zero-order chi connectivity index (χ0) is 10.7. The second-order valence-corrected chi connectivity index (χ2v) is 3.68. The minimum absolute atomic E-state index is 0.503. The first kappa shape index (κ1) is 10.3. The number of alkyl halides is 1. The van der Waals surface area contributed by atoms with Crippen molar-refractivity contribution in [3.8, 4) is 11.4 Å². The van der Waals surface area contributed by atoms with Gasteiger partial charge in [0.2, 0.25) is 5.82 Å². The number of aromatic amines is 1. The van der Waals surface area contributed by atoms with E-state index in [0.717, 1.165) is 11.1 Å². The lowest BCUT2D eigenvalue weighted by molar-refractivity contribution is 0.205. The predicted octanol–water partition coefficient (Wildman–Crippen LogP) is 1.29. The fourth-order valence-corrected chi connectivity index (χ4v) is 1.63. The summed E-state index contributed by atoms with van der Waals surface area (Å²) < 4.78 is 0. The molecule has 0 spiro atoms. The quantitative estimate of drug-likeness (QED) is 0.823. The highest BCUT2D eigenvalue weighted by molar-refractivity contribution is 9.09. The minimum Gasteiger partial charge on any atom is -0.388 e. The van der Waals surface area contributed by atoms with Gasteiger partial charge in [-0.05, 0) is 16.8 Å². The molecule has 15 heavy (non-hydrogen) atoms. The summed E-state index contributed by atoms with van der Waals surface area (Å²) in [5.74, 6) is 0.527. The van der Waals surface area contributed by atoms with E-state index in [1.165, 1.54) is 0 Å². The number of hydrogen-bond donors (Lipinski definition) is 2. The number of H-pyrrole nitrogens is 1. The van der Waals surface area contributed by atoms with E-state index in [-0.39, 0.29) is 0 Å². The van der Waals surface area contributed by atoms with Crippen molar-refractivity contribution in [3.05, 3.63) is 29.8 Å². The zero-order valence-corrected chi connectivity index (χ0v) is 9.35. The number of nitrogens with one attached hydrogen (secondary N) is 1. The Morgan fingerprint density at radius 2 is 2.33 bits per heavy atom. The molecule has 0 aliphatic rings. The number of rotatable bonds is 3. The summed E-state index contributed by atoms with van der Waals surface area (Å²) in [6, 6.07) is 7.43. The summed E-state index contributed by atoms with van der Waals surface area (Å²) in [6.07, 6.45) is -0.517. The third kappa shape index (κ3) is 2.21. The van der Waals surface area contributed by atoms with Crippen LogP contribution in [0.5, 0.6) is 0 Å². The highest BCUT2D eigenvalue weighted by atomic mass is 79.9. The normalized spacial score (nSPS) is 12.7. The van der Waals surface area contributed by atoms with E-state index in [1.54, 1.807) is 0 Å². The Hall–Kier alpha value is -1.27. The summed E-state index contributed by atoms with van der Waals surface area (Å²) in [4.78, 5) is 0. The molecule has 6 heteroatoms. The van der Waals surface area contributed by atoms with Crippen LogP contribution < -0.4 is 0 Å². The second-order valence-electron chi connectivity index (χ2n) is 3.03. The largest absolute Gasteiger partial charge is 0.388 e. The molecule has 0 saturated carbocycles. The van der Waals surface area contributed by atoms with Gasteiger partial charge in [0.05, 0.1) is 6.10 Å². The molecule has 1 heterocycles. The molecule has 2 N–H and O–H groups in total. The molecule has 0 amide bonds. The maximum Gasteiger partial charge on any atom is 0.204 e. The van der Waals surface area contributed by atoms with Crippen molar-refractivity contribution in [1.82, 2.24) is 20.6 Å². The van der Waals surface area contributed by atoms with E-state index in [9.17, 15) is 5.11 Å². The fraction of sp³-hybridized carbons (Fsp3) is 0.222. The van der Waals surface area contributed by atoms with E-state index in [1.807, 2.05) is 24.3 Å². The van der Waals surface area contributed by atoms with Crippen molar-refractivity contribution in [2.75, 3.05) is 5.33 Å². The Kier molecular flexibility index (Phi) is 3.08. The number of halogens is 1. The summed E-state index contributed by atoms with van der Waals surface area (Å²) >= 11 is 3.23. The molecule has 0 saturated heterocycles. The van der Waals surface area contributed by atoms with Gasteiger partial charge in [0, 0.05) is 10.9 Å². The number of hydrogen-bond acceptors (Lipinski definition) is 4. The molecule has 0 fully saturated rings. The van der Waals surface area contributed by atoms with Crippen LogP contribution in [-0.4, -0.2) is 31.1 Å². The van der Waals surface area contributed by atoms with Crippen molar-refractivity contribution in [1.29, 1.82) is 0 Å². The van der Waals surface area contributed by atoms with Crippen molar-refractivity contribution < 1.29 is 5.11 Å². The molecule has 1 atom stereocenters. The van der Waals surface area contributed by atoms with E-state index in [2.05, 4.69) is 36.6 Å². The van der Waals surface area contributed by atoms with Crippen LogP contribution in [0, 0.1) is 0 Å². The molecular formula is C9H9BrN4O. The van der Waals surface area contributed by atoms with Crippen molar-refractivity contribution in [3.63, 3.8) is 0 Å². The Balaban J connectivity index is 2.35. The van der Waals surface area contributed by atoms with Gasteiger partial charge in [-0.1, -0.05) is 34.1 Å². The van der Waals surface area contributed by atoms with Gasteiger partial charge in [-0.2, -0.15) is 5.21 Å². The molecule has 1 aromatic heterocycles. The summed E-state index contributed by atoms with van der Waals surface area (Å²) in [7, 11) is 0. The Bertz CT molecular complexity index is 431. The number of aromatic nitrogens is 4. The molecule has 0 radical (unpaired) electrons. The highest BCUT2D eigenvalue weighted by Gasteiger charge is 2.08. The molecule has 0 aliphatic carbocycles. The number of benzene rings is 1. The second kappa shape index (κ2) is 4.50. The van der Waals surface area contributed by atoms with E-state index < -0.39 is 6.10 Å². The number of aliphatic hydroxyl groups excluding tert-OH is 1. The van der Waals surface area contributed by atoms with Crippen LogP contribution in [0.2, 0.25) is 0 Å². The number of aliphatic hydroxyl groups is 1. The third-order valence-corrected chi connectivity index (χ3v) is 2.63. The summed E-state index contributed by atoms with van der Waals surface area (Å²) in [5, 5.41) is 23.8. The molecule has 1 unspecified atom stereocenters. The van der Waals surface area contributed by atoms with Crippen LogP contribution in [0.25, 0.3) is 11.4 Å². The monoisotopic (exact) mass is 268 g/mol. The molecule has 0 bridgehead atoms. The van der Waals surface area contributed by atoms with Gasteiger partial charge in [-0.15, -0.1) is 10.2 Å². The maximum atomic E-state index is 9.64. The highest BCUT2D eigenvalue weighted by Crippen LogP contribution is 2.20. The van der Waals surface area contributed by atoms with Gasteiger partial charge in [0.25, 0.3) is 0 Å². The van der Waals surface area contributed by atoms with Gasteiger partial charge in [-0.25, -0.2) is 0 Å². The van der Waals surface area contributed by atoms with Crippen LogP contribution >= 0.6 is 15.9 Å². The smallest absolute Gasteiger partial charge is 0.204 e. The van der Waals surface area contributed by atoms with E-state index in [0.29, 0.717) is 11.2 Å². The zero-order valence-electron chi connectivity index (χ0n) is 7.76. The van der Waals surface area contributed by atoms with Crippen LogP contribution in [0.1, 0.15) is 11.7 Å². The van der Waals surface area contributed by atoms with Gasteiger partial charge in [0.1, 0.15) is 0 Å². The minimum atomic E-state index is -0.517. The first-order valence-electron chi connectivity index (χ1n) is 4.39. The molecule has 0 aliphatic heterocycles. The Labute approximate surface area is 94.7 Å². The lowest BCUT2D eigenvalue weighted by Gasteiger charge is -2.07. The van der Waals surface area contributed by atoms with Crippen molar-refractivity contribution >= 4 is 15.9 Å². The molecule has 2 rings (SSSR count). The van der Waals surface area contributed by atoms with Crippen LogP contribution in [0.15, 0.2) is 24.3 Å². The Morgan fingerprint density at radius 1 is 1.47 bits per heavy atom. The van der Waals surface area contributed by atoms with Crippen molar-refractivity contribution in [2.45, 2.75) is 6.10 Å². The van der Waals surface area contributed by atoms with Crippen molar-refractivity contribution in [2.24, 2.45) is 0 Å². The lowest BCUT2D eigenvalue weighted by Crippen LogP contribution is -1.98. The van der Waals surface area contributed by atoms with E-state index in [4.69, 9.17) is 0 Å². The SMILES string of the molecule is OC(CBr)c1cccc(-c2nn[nH]n2)c1. The van der Waals surface area contributed by atoms with Gasteiger partial charge < -0.3 is 5.11 Å². The average molecular weight is 269 g/mol. The topological polar surface area (TPSA) is 74.7 Å². The number of tetrazole rings is 1. The summed E-state index contributed by atoms with van der Waals surface area (Å²) in [5.41, 5.74) is 1.66. The maximum absolute atomic E-state index is 9.64. The molecule has 78 valence electrons. The fourth-order valence-electron chi connectivity index (χ4n) is 1.26. The van der Waals surface area contributed by atoms with Crippen LogP contribution in [0.3, 0.4) is 0 Å². The molecular weight excluding hydrogens is 260 g/mol. The van der Waals surface area contributed by atoms with Crippen LogP contribution in [-0.2, 0) is 0 Å². The average Bonchev–Trinajstić information content (AvgIpc) is 2.82.